The molecule has 0 N–H and O–H groups in total. The zero-order valence-electron chi connectivity index (χ0n) is 6.42. The molecule has 0 aliphatic rings. The van der Waals surface area contributed by atoms with E-state index in [2.05, 4.69) is 9.78 Å². The molecule has 0 saturated heterocycles. The fraction of sp³-hybridized carbons (Fsp3) is 0.833. The molecule has 1 atom stereocenters. The first-order valence-corrected chi connectivity index (χ1v) is 2.99. The third-order valence-electron chi connectivity index (χ3n) is 0.788. The summed E-state index contributed by atoms with van der Waals surface area (Å²) in [5, 5.41) is 0. The van der Waals surface area contributed by atoms with E-state index in [0.29, 0.717) is 0 Å². The summed E-state index contributed by atoms with van der Waals surface area (Å²) in [7, 11) is 1.40. The van der Waals surface area contributed by atoms with Crippen molar-refractivity contribution in [1.29, 1.82) is 0 Å². The lowest BCUT2D eigenvalue weighted by Gasteiger charge is -2.09. The van der Waals surface area contributed by atoms with E-state index < -0.39 is 0 Å². The monoisotopic (exact) mass is 148 g/mol. The molecule has 0 aliphatic carbocycles. The lowest BCUT2D eigenvalue weighted by Crippen LogP contribution is -2.18. The van der Waals surface area contributed by atoms with Crippen LogP contribution < -0.4 is 0 Å². The van der Waals surface area contributed by atoms with Gasteiger partial charge in [0.25, 0.3) is 0 Å². The molecule has 0 radical (unpaired) electrons. The van der Waals surface area contributed by atoms with Crippen LogP contribution in [-0.2, 0) is 19.3 Å². The minimum absolute atomic E-state index is 0.252. The Labute approximate surface area is 60.0 Å². The van der Waals surface area contributed by atoms with Gasteiger partial charge in [0.15, 0.2) is 0 Å². The highest BCUT2D eigenvalue weighted by Crippen LogP contribution is 1.91. The molecule has 0 heterocycles. The number of rotatable bonds is 4. The van der Waals surface area contributed by atoms with Gasteiger partial charge in [0.2, 0.25) is 0 Å². The number of carbonyl (C=O) groups is 1. The molecule has 0 saturated carbocycles. The van der Waals surface area contributed by atoms with Crippen molar-refractivity contribution in [3.8, 4) is 0 Å². The molecule has 0 amide bonds. The highest BCUT2D eigenvalue weighted by Gasteiger charge is 2.04. The molecule has 0 aliphatic heterocycles. The topological polar surface area (TPSA) is 44.8 Å². The molecule has 0 spiro atoms. The average molecular weight is 148 g/mol. The van der Waals surface area contributed by atoms with Gasteiger partial charge in [-0.25, -0.2) is 9.78 Å². The normalized spacial score (nSPS) is 12.7. The van der Waals surface area contributed by atoms with Gasteiger partial charge in [-0.15, -0.1) is 0 Å². The van der Waals surface area contributed by atoms with Crippen molar-refractivity contribution in [2.24, 2.45) is 0 Å². The van der Waals surface area contributed by atoms with Gasteiger partial charge in [0.05, 0.1) is 7.11 Å². The molecule has 4 heteroatoms. The molecule has 0 aromatic heterocycles. The second kappa shape index (κ2) is 5.20. The Bertz CT molecular complexity index is 102. The van der Waals surface area contributed by atoms with Gasteiger partial charge in [-0.2, -0.15) is 0 Å². The molecular weight excluding hydrogens is 136 g/mol. The van der Waals surface area contributed by atoms with Gasteiger partial charge in [-0.05, 0) is 6.92 Å². The summed E-state index contributed by atoms with van der Waals surface area (Å²) in [4.78, 5) is 19.1. The van der Waals surface area contributed by atoms with E-state index in [1.165, 1.54) is 14.0 Å². The summed E-state index contributed by atoms with van der Waals surface area (Å²) < 4.78 is 4.71. The van der Waals surface area contributed by atoms with Gasteiger partial charge >= 0.3 is 5.97 Å². The van der Waals surface area contributed by atoms with E-state index in [0.717, 1.165) is 0 Å². The van der Waals surface area contributed by atoms with Crippen LogP contribution in [0.4, 0.5) is 0 Å². The first kappa shape index (κ1) is 9.39. The second-order valence-corrected chi connectivity index (χ2v) is 1.87. The zero-order chi connectivity index (χ0) is 7.98. The molecule has 10 heavy (non-hydrogen) atoms. The van der Waals surface area contributed by atoms with E-state index in [1.54, 1.807) is 6.92 Å². The van der Waals surface area contributed by atoms with Crippen molar-refractivity contribution in [2.75, 3.05) is 13.7 Å². The summed E-state index contributed by atoms with van der Waals surface area (Å²) in [6.07, 6.45) is -0.252. The van der Waals surface area contributed by atoms with Crippen molar-refractivity contribution in [2.45, 2.75) is 20.0 Å². The first-order chi connectivity index (χ1) is 4.66. The minimum atomic E-state index is -0.313. The molecule has 0 fully saturated rings. The summed E-state index contributed by atoms with van der Waals surface area (Å²) in [5.41, 5.74) is 0. The maximum atomic E-state index is 10.3. The molecule has 1 unspecified atom stereocenters. The summed E-state index contributed by atoms with van der Waals surface area (Å²) in [5.74, 6) is -0.313. The maximum Gasteiger partial charge on any atom is 0.302 e. The number of hydrogen-bond acceptors (Lipinski definition) is 4. The van der Waals surface area contributed by atoms with Crippen molar-refractivity contribution in [1.82, 2.24) is 0 Å². The Morgan fingerprint density at radius 3 is 2.60 bits per heavy atom. The first-order valence-electron chi connectivity index (χ1n) is 2.99. The highest BCUT2D eigenvalue weighted by atomic mass is 17.2. The van der Waals surface area contributed by atoms with Gasteiger partial charge in [0, 0.05) is 6.92 Å². The van der Waals surface area contributed by atoms with E-state index >= 15 is 0 Å². The van der Waals surface area contributed by atoms with Crippen LogP contribution in [0, 0.1) is 0 Å². The van der Waals surface area contributed by atoms with E-state index in [4.69, 9.17) is 4.74 Å². The molecule has 4 nitrogen and oxygen atoms in total. The van der Waals surface area contributed by atoms with Crippen LogP contribution in [0.3, 0.4) is 0 Å². The van der Waals surface area contributed by atoms with Crippen LogP contribution >= 0.6 is 0 Å². The lowest BCUT2D eigenvalue weighted by molar-refractivity contribution is -0.284. The van der Waals surface area contributed by atoms with E-state index in [1.807, 2.05) is 0 Å². The summed E-state index contributed by atoms with van der Waals surface area (Å²) >= 11 is 0. The summed E-state index contributed by atoms with van der Waals surface area (Å²) in [6, 6.07) is 0. The smallest absolute Gasteiger partial charge is 0.302 e. The Morgan fingerprint density at radius 2 is 2.20 bits per heavy atom. The van der Waals surface area contributed by atoms with Crippen molar-refractivity contribution in [3.05, 3.63) is 0 Å². The molecule has 0 bridgehead atoms. The Balaban J connectivity index is 3.25. The standard InChI is InChI=1S/C6H12O4/c1-5(4-9-8-3)10-6(2)7/h5H,4H2,1-3H3. The predicted octanol–water partition coefficient (Wildman–Crippen LogP) is 0.516. The molecule has 60 valence electrons. The minimum Gasteiger partial charge on any atom is -0.460 e. The van der Waals surface area contributed by atoms with Crippen LogP contribution in [0.25, 0.3) is 0 Å². The lowest BCUT2D eigenvalue weighted by atomic mass is 10.4. The van der Waals surface area contributed by atoms with Gasteiger partial charge < -0.3 is 4.74 Å². The number of hydrogen-bond donors (Lipinski definition) is 0. The molecule has 0 aromatic rings. The number of carbonyl (C=O) groups excluding carboxylic acids is 1. The van der Waals surface area contributed by atoms with E-state index in [9.17, 15) is 4.79 Å². The fourth-order valence-electron chi connectivity index (χ4n) is 0.481. The third-order valence-corrected chi connectivity index (χ3v) is 0.788. The number of esters is 1. The third kappa shape index (κ3) is 5.53. The van der Waals surface area contributed by atoms with Crippen LogP contribution in [-0.4, -0.2) is 25.8 Å². The van der Waals surface area contributed by atoms with Crippen LogP contribution in [0.5, 0.6) is 0 Å². The molecule has 0 aromatic carbocycles. The van der Waals surface area contributed by atoms with Crippen molar-refractivity contribution < 1.29 is 19.3 Å². The van der Waals surface area contributed by atoms with Crippen LogP contribution in [0.2, 0.25) is 0 Å². The van der Waals surface area contributed by atoms with Gasteiger partial charge in [-0.3, -0.25) is 4.79 Å². The van der Waals surface area contributed by atoms with Crippen LogP contribution in [0.1, 0.15) is 13.8 Å². The Kier molecular flexibility index (Phi) is 4.88. The Hall–Kier alpha value is -0.610. The number of ether oxygens (including phenoxy) is 1. The molecular formula is C6H12O4. The van der Waals surface area contributed by atoms with Gasteiger partial charge in [-0.1, -0.05) is 0 Å². The van der Waals surface area contributed by atoms with Crippen LogP contribution in [0.15, 0.2) is 0 Å². The fourth-order valence-corrected chi connectivity index (χ4v) is 0.481. The summed E-state index contributed by atoms with van der Waals surface area (Å²) in [6.45, 7) is 3.33. The van der Waals surface area contributed by atoms with E-state index in [-0.39, 0.29) is 18.7 Å². The zero-order valence-corrected chi connectivity index (χ0v) is 6.42. The SMILES string of the molecule is COOCC(C)OC(C)=O. The van der Waals surface area contributed by atoms with Gasteiger partial charge in [0.1, 0.15) is 12.7 Å². The average Bonchev–Trinajstić information content (AvgIpc) is 1.82. The Morgan fingerprint density at radius 1 is 1.60 bits per heavy atom. The van der Waals surface area contributed by atoms with Crippen molar-refractivity contribution >= 4 is 5.97 Å². The quantitative estimate of drug-likeness (QED) is 0.331. The largest absolute Gasteiger partial charge is 0.460 e. The highest BCUT2D eigenvalue weighted by molar-refractivity contribution is 5.66. The molecule has 0 rings (SSSR count). The second-order valence-electron chi connectivity index (χ2n) is 1.87. The van der Waals surface area contributed by atoms with Crippen molar-refractivity contribution in [3.63, 3.8) is 0 Å². The maximum absolute atomic E-state index is 10.3. The predicted molar refractivity (Wildman–Crippen MR) is 34.2 cm³/mol.